The Morgan fingerprint density at radius 1 is 1.07 bits per heavy atom. The number of carbonyl (C=O) groups excluding carboxylic acids is 1. The zero-order chi connectivity index (χ0) is 10.1. The lowest BCUT2D eigenvalue weighted by Crippen LogP contribution is -1.87. The Balaban J connectivity index is 2.89. The van der Waals surface area contributed by atoms with E-state index in [0.29, 0.717) is 0 Å². The van der Waals surface area contributed by atoms with E-state index in [1.165, 1.54) is 16.5 Å². The number of hydrogen-bond acceptors (Lipinski definition) is 1. The SMILES string of the molecule is Cc1cccc2cc(C=O)cc(C)c12. The van der Waals surface area contributed by atoms with Gasteiger partial charge in [-0.05, 0) is 47.9 Å². The average Bonchev–Trinajstić information content (AvgIpc) is 2.17. The minimum atomic E-state index is 0.751. The summed E-state index contributed by atoms with van der Waals surface area (Å²) < 4.78 is 0. The predicted octanol–water partition coefficient (Wildman–Crippen LogP) is 3.27. The summed E-state index contributed by atoms with van der Waals surface area (Å²) in [6.07, 6.45) is 0.898. The summed E-state index contributed by atoms with van der Waals surface area (Å²) >= 11 is 0. The van der Waals surface area contributed by atoms with Gasteiger partial charge in [-0.1, -0.05) is 18.2 Å². The van der Waals surface area contributed by atoms with Gasteiger partial charge < -0.3 is 0 Å². The molecule has 0 heterocycles. The van der Waals surface area contributed by atoms with Crippen LogP contribution in [0, 0.1) is 13.8 Å². The van der Waals surface area contributed by atoms with Gasteiger partial charge in [0.25, 0.3) is 0 Å². The lowest BCUT2D eigenvalue weighted by Gasteiger charge is -2.06. The fraction of sp³-hybridized carbons (Fsp3) is 0.154. The summed E-state index contributed by atoms with van der Waals surface area (Å²) in [5.41, 5.74) is 3.18. The first-order valence-corrected chi connectivity index (χ1v) is 4.67. The van der Waals surface area contributed by atoms with Gasteiger partial charge in [-0.2, -0.15) is 0 Å². The number of carbonyl (C=O) groups is 1. The van der Waals surface area contributed by atoms with Crippen molar-refractivity contribution in [1.82, 2.24) is 0 Å². The molecule has 0 aliphatic heterocycles. The monoisotopic (exact) mass is 184 g/mol. The zero-order valence-corrected chi connectivity index (χ0v) is 8.37. The molecule has 0 saturated heterocycles. The smallest absolute Gasteiger partial charge is 0.150 e. The Morgan fingerprint density at radius 2 is 1.86 bits per heavy atom. The molecule has 2 rings (SSSR count). The lowest BCUT2D eigenvalue weighted by atomic mass is 9.98. The Morgan fingerprint density at radius 3 is 2.57 bits per heavy atom. The maximum Gasteiger partial charge on any atom is 0.150 e. The summed E-state index contributed by atoms with van der Waals surface area (Å²) in [6.45, 7) is 4.14. The van der Waals surface area contributed by atoms with E-state index >= 15 is 0 Å². The van der Waals surface area contributed by atoms with Crippen LogP contribution in [0.4, 0.5) is 0 Å². The lowest BCUT2D eigenvalue weighted by molar-refractivity contribution is 0.112. The molecule has 0 N–H and O–H groups in total. The Hall–Kier alpha value is -1.63. The number of hydrogen-bond donors (Lipinski definition) is 0. The third-order valence-electron chi connectivity index (χ3n) is 2.54. The maximum atomic E-state index is 10.7. The Kier molecular flexibility index (Phi) is 2.08. The number of aryl methyl sites for hydroxylation is 2. The standard InChI is InChI=1S/C13H12O/c1-9-4-3-5-12-7-11(8-14)6-10(2)13(9)12/h3-8H,1-2H3. The van der Waals surface area contributed by atoms with Crippen molar-refractivity contribution in [2.75, 3.05) is 0 Å². The molecule has 0 radical (unpaired) electrons. The molecule has 0 aromatic heterocycles. The second-order valence-electron chi connectivity index (χ2n) is 3.63. The maximum absolute atomic E-state index is 10.7. The fourth-order valence-electron chi connectivity index (χ4n) is 1.96. The average molecular weight is 184 g/mol. The van der Waals surface area contributed by atoms with Crippen molar-refractivity contribution in [1.29, 1.82) is 0 Å². The number of rotatable bonds is 1. The van der Waals surface area contributed by atoms with Crippen molar-refractivity contribution >= 4 is 17.1 Å². The van der Waals surface area contributed by atoms with E-state index in [1.54, 1.807) is 0 Å². The highest BCUT2D eigenvalue weighted by Gasteiger charge is 2.02. The normalized spacial score (nSPS) is 10.4. The molecular weight excluding hydrogens is 172 g/mol. The highest BCUT2D eigenvalue weighted by molar-refractivity contribution is 5.93. The number of aldehydes is 1. The van der Waals surface area contributed by atoms with E-state index in [1.807, 2.05) is 31.2 Å². The van der Waals surface area contributed by atoms with Gasteiger partial charge in [-0.3, -0.25) is 4.79 Å². The van der Waals surface area contributed by atoms with Crippen LogP contribution in [-0.4, -0.2) is 6.29 Å². The van der Waals surface area contributed by atoms with E-state index in [9.17, 15) is 4.79 Å². The van der Waals surface area contributed by atoms with E-state index in [0.717, 1.165) is 17.2 Å². The van der Waals surface area contributed by atoms with Gasteiger partial charge >= 0.3 is 0 Å². The number of fused-ring (bicyclic) bond motifs is 1. The van der Waals surface area contributed by atoms with Crippen LogP contribution in [0.3, 0.4) is 0 Å². The first-order valence-electron chi connectivity index (χ1n) is 4.67. The Bertz CT molecular complexity index is 498. The summed E-state index contributed by atoms with van der Waals surface area (Å²) in [6, 6.07) is 10.0. The molecule has 0 spiro atoms. The molecule has 0 saturated carbocycles. The van der Waals surface area contributed by atoms with Crippen molar-refractivity contribution in [2.24, 2.45) is 0 Å². The molecular formula is C13H12O. The number of benzene rings is 2. The van der Waals surface area contributed by atoms with Gasteiger partial charge in [0.1, 0.15) is 6.29 Å². The summed E-state index contributed by atoms with van der Waals surface area (Å²) in [4.78, 5) is 10.7. The van der Waals surface area contributed by atoms with Gasteiger partial charge in [0.15, 0.2) is 0 Å². The molecule has 14 heavy (non-hydrogen) atoms. The molecule has 0 bridgehead atoms. The molecule has 0 fully saturated rings. The molecule has 1 nitrogen and oxygen atoms in total. The van der Waals surface area contributed by atoms with Crippen LogP contribution in [0.25, 0.3) is 10.8 Å². The van der Waals surface area contributed by atoms with Gasteiger partial charge in [0.2, 0.25) is 0 Å². The van der Waals surface area contributed by atoms with Crippen molar-refractivity contribution < 1.29 is 4.79 Å². The molecule has 0 amide bonds. The van der Waals surface area contributed by atoms with Crippen LogP contribution in [0.15, 0.2) is 30.3 Å². The van der Waals surface area contributed by atoms with Gasteiger partial charge in [0.05, 0.1) is 0 Å². The van der Waals surface area contributed by atoms with Crippen LogP contribution in [-0.2, 0) is 0 Å². The third kappa shape index (κ3) is 1.31. The van der Waals surface area contributed by atoms with Crippen LogP contribution < -0.4 is 0 Å². The first kappa shape index (κ1) is 8.95. The Labute approximate surface area is 83.4 Å². The fourth-order valence-corrected chi connectivity index (χ4v) is 1.96. The molecule has 0 unspecified atom stereocenters. The van der Waals surface area contributed by atoms with Crippen LogP contribution in [0.2, 0.25) is 0 Å². The first-order chi connectivity index (χ1) is 6.72. The summed E-state index contributed by atoms with van der Waals surface area (Å²) in [7, 11) is 0. The van der Waals surface area contributed by atoms with Crippen molar-refractivity contribution in [3.8, 4) is 0 Å². The predicted molar refractivity (Wildman–Crippen MR) is 58.8 cm³/mol. The largest absolute Gasteiger partial charge is 0.298 e. The van der Waals surface area contributed by atoms with Crippen LogP contribution in [0.1, 0.15) is 21.5 Å². The second-order valence-corrected chi connectivity index (χ2v) is 3.63. The van der Waals surface area contributed by atoms with Crippen molar-refractivity contribution in [2.45, 2.75) is 13.8 Å². The van der Waals surface area contributed by atoms with Crippen molar-refractivity contribution in [3.05, 3.63) is 47.0 Å². The van der Waals surface area contributed by atoms with Gasteiger partial charge in [-0.15, -0.1) is 0 Å². The highest BCUT2D eigenvalue weighted by atomic mass is 16.1. The van der Waals surface area contributed by atoms with E-state index < -0.39 is 0 Å². The molecule has 1 heteroatoms. The van der Waals surface area contributed by atoms with Crippen LogP contribution in [0.5, 0.6) is 0 Å². The second kappa shape index (κ2) is 3.26. The van der Waals surface area contributed by atoms with E-state index in [2.05, 4.69) is 13.0 Å². The highest BCUT2D eigenvalue weighted by Crippen LogP contribution is 2.23. The summed E-state index contributed by atoms with van der Waals surface area (Å²) in [5, 5.41) is 2.41. The quantitative estimate of drug-likeness (QED) is 0.622. The molecule has 0 aliphatic rings. The minimum absolute atomic E-state index is 0.751. The topological polar surface area (TPSA) is 17.1 Å². The zero-order valence-electron chi connectivity index (χ0n) is 8.37. The van der Waals surface area contributed by atoms with Gasteiger partial charge in [0, 0.05) is 5.56 Å². The molecule has 70 valence electrons. The third-order valence-corrected chi connectivity index (χ3v) is 2.54. The molecule has 2 aromatic rings. The van der Waals surface area contributed by atoms with E-state index in [-0.39, 0.29) is 0 Å². The van der Waals surface area contributed by atoms with Crippen LogP contribution >= 0.6 is 0 Å². The minimum Gasteiger partial charge on any atom is -0.298 e. The molecule has 2 aromatic carbocycles. The molecule has 0 aliphatic carbocycles. The molecule has 0 atom stereocenters. The van der Waals surface area contributed by atoms with Gasteiger partial charge in [-0.25, -0.2) is 0 Å². The van der Waals surface area contributed by atoms with E-state index in [4.69, 9.17) is 0 Å². The summed E-state index contributed by atoms with van der Waals surface area (Å²) in [5.74, 6) is 0. The van der Waals surface area contributed by atoms with Crippen molar-refractivity contribution in [3.63, 3.8) is 0 Å².